The Bertz CT molecular complexity index is 157. The molecule has 4 heteroatoms. The Balaban J connectivity index is 2.18. The molecule has 0 aliphatic carbocycles. The van der Waals surface area contributed by atoms with Gasteiger partial charge in [-0.3, -0.25) is 0 Å². The quantitative estimate of drug-likeness (QED) is 0.652. The van der Waals surface area contributed by atoms with E-state index in [1.54, 1.807) is 0 Å². The molecule has 1 heterocycles. The maximum Gasteiger partial charge on any atom is 0.0597 e. The lowest BCUT2D eigenvalue weighted by atomic mass is 10.0. The average molecular weight is 216 g/mol. The molecule has 0 aromatic heterocycles. The predicted octanol–water partition coefficient (Wildman–Crippen LogP) is -0.0749. The molecule has 15 heavy (non-hydrogen) atoms. The van der Waals surface area contributed by atoms with Gasteiger partial charge in [-0.25, -0.2) is 0 Å². The summed E-state index contributed by atoms with van der Waals surface area (Å²) in [5.74, 6) is 0.667. The van der Waals surface area contributed by atoms with E-state index in [0.717, 1.165) is 26.3 Å². The lowest BCUT2D eigenvalue weighted by Crippen LogP contribution is -2.42. The van der Waals surface area contributed by atoms with Gasteiger partial charge in [0.1, 0.15) is 0 Å². The van der Waals surface area contributed by atoms with E-state index in [4.69, 9.17) is 9.84 Å². The van der Waals surface area contributed by atoms with Gasteiger partial charge in [0.15, 0.2) is 0 Å². The van der Waals surface area contributed by atoms with Crippen molar-refractivity contribution in [2.45, 2.75) is 18.9 Å². The molecule has 90 valence electrons. The van der Waals surface area contributed by atoms with E-state index in [0.29, 0.717) is 5.92 Å². The summed E-state index contributed by atoms with van der Waals surface area (Å²) in [5, 5.41) is 12.2. The number of hydrogen-bond acceptors (Lipinski definition) is 4. The number of aliphatic hydroxyl groups is 1. The van der Waals surface area contributed by atoms with Gasteiger partial charge < -0.3 is 20.1 Å². The van der Waals surface area contributed by atoms with Gasteiger partial charge in [-0.15, -0.1) is 0 Å². The lowest BCUT2D eigenvalue weighted by Gasteiger charge is -2.29. The van der Waals surface area contributed by atoms with Crippen molar-refractivity contribution in [3.63, 3.8) is 0 Å². The van der Waals surface area contributed by atoms with Crippen LogP contribution in [-0.4, -0.2) is 63.1 Å². The van der Waals surface area contributed by atoms with Crippen molar-refractivity contribution in [2.75, 3.05) is 47.0 Å². The fourth-order valence-electron chi connectivity index (χ4n) is 2.08. The lowest BCUT2D eigenvalue weighted by molar-refractivity contribution is 0.0401. The second-order valence-electron chi connectivity index (χ2n) is 4.47. The molecule has 0 bridgehead atoms. The summed E-state index contributed by atoms with van der Waals surface area (Å²) >= 11 is 0. The van der Waals surface area contributed by atoms with Crippen molar-refractivity contribution in [1.82, 2.24) is 10.2 Å². The number of ether oxygens (including phenoxy) is 1. The van der Waals surface area contributed by atoms with E-state index in [1.165, 1.54) is 12.8 Å². The fraction of sp³-hybridized carbons (Fsp3) is 1.00. The molecule has 0 aromatic carbocycles. The number of nitrogens with one attached hydrogen (secondary N) is 1. The summed E-state index contributed by atoms with van der Waals surface area (Å²) in [4.78, 5) is 2.27. The van der Waals surface area contributed by atoms with Crippen molar-refractivity contribution >= 4 is 0 Å². The first-order valence-corrected chi connectivity index (χ1v) is 5.80. The molecule has 1 rings (SSSR count). The van der Waals surface area contributed by atoms with Crippen LogP contribution in [0.3, 0.4) is 0 Å². The van der Waals surface area contributed by atoms with E-state index in [-0.39, 0.29) is 12.6 Å². The molecule has 4 nitrogen and oxygen atoms in total. The third-order valence-electron chi connectivity index (χ3n) is 2.99. The van der Waals surface area contributed by atoms with Gasteiger partial charge in [-0.1, -0.05) is 0 Å². The zero-order chi connectivity index (χ0) is 11.1. The Kier molecular flexibility index (Phi) is 6.17. The van der Waals surface area contributed by atoms with Gasteiger partial charge in [-0.2, -0.15) is 0 Å². The van der Waals surface area contributed by atoms with Crippen LogP contribution in [0.2, 0.25) is 0 Å². The number of rotatable bonds is 6. The van der Waals surface area contributed by atoms with Crippen molar-refractivity contribution < 1.29 is 9.84 Å². The molecule has 2 unspecified atom stereocenters. The summed E-state index contributed by atoms with van der Waals surface area (Å²) in [6.07, 6.45) is 2.46. The third-order valence-corrected chi connectivity index (χ3v) is 2.99. The molecule has 0 spiro atoms. The van der Waals surface area contributed by atoms with Gasteiger partial charge in [0.05, 0.1) is 13.2 Å². The Hall–Kier alpha value is -0.160. The molecule has 0 aromatic rings. The van der Waals surface area contributed by atoms with Crippen LogP contribution in [0.1, 0.15) is 12.8 Å². The van der Waals surface area contributed by atoms with Crippen molar-refractivity contribution in [3.05, 3.63) is 0 Å². The molecule has 1 fully saturated rings. The Morgan fingerprint density at radius 3 is 2.93 bits per heavy atom. The summed E-state index contributed by atoms with van der Waals surface area (Å²) in [5.41, 5.74) is 0. The standard InChI is InChI=1S/C11H24N2O2/c1-12-11(8-14)7-13(2)6-10-4-3-5-15-9-10/h10-12,14H,3-9H2,1-2H3. The average Bonchev–Trinajstić information content (AvgIpc) is 2.27. The normalized spacial score (nSPS) is 24.4. The van der Waals surface area contributed by atoms with E-state index in [1.807, 2.05) is 7.05 Å². The smallest absolute Gasteiger partial charge is 0.0597 e. The van der Waals surface area contributed by atoms with Gasteiger partial charge in [0, 0.05) is 25.7 Å². The van der Waals surface area contributed by atoms with Gasteiger partial charge in [0.2, 0.25) is 0 Å². The summed E-state index contributed by atoms with van der Waals surface area (Å²) in [6.45, 7) is 3.98. The van der Waals surface area contributed by atoms with Crippen LogP contribution in [0.15, 0.2) is 0 Å². The van der Waals surface area contributed by atoms with E-state index >= 15 is 0 Å². The minimum atomic E-state index is 0.180. The number of hydrogen-bond donors (Lipinski definition) is 2. The highest BCUT2D eigenvalue weighted by Gasteiger charge is 2.17. The number of likely N-dealkylation sites (N-methyl/N-ethyl adjacent to an activating group) is 2. The maximum absolute atomic E-state index is 9.07. The van der Waals surface area contributed by atoms with Gasteiger partial charge in [0.25, 0.3) is 0 Å². The predicted molar refractivity (Wildman–Crippen MR) is 61.0 cm³/mol. The minimum Gasteiger partial charge on any atom is -0.395 e. The highest BCUT2D eigenvalue weighted by molar-refractivity contribution is 4.71. The molecule has 1 saturated heterocycles. The van der Waals surface area contributed by atoms with E-state index < -0.39 is 0 Å². The second-order valence-corrected chi connectivity index (χ2v) is 4.47. The maximum atomic E-state index is 9.07. The second kappa shape index (κ2) is 7.17. The first-order chi connectivity index (χ1) is 7.26. The molecular formula is C11H24N2O2. The third kappa shape index (κ3) is 4.93. The first kappa shape index (κ1) is 12.9. The molecule has 0 amide bonds. The molecule has 1 aliphatic heterocycles. The number of aliphatic hydroxyl groups excluding tert-OH is 1. The molecule has 0 saturated carbocycles. The van der Waals surface area contributed by atoms with Crippen LogP contribution in [0.25, 0.3) is 0 Å². The Morgan fingerprint density at radius 1 is 1.60 bits per heavy atom. The van der Waals surface area contributed by atoms with Crippen molar-refractivity contribution in [3.8, 4) is 0 Å². The summed E-state index contributed by atoms with van der Waals surface area (Å²) in [6, 6.07) is 0.180. The topological polar surface area (TPSA) is 44.7 Å². The molecule has 1 aliphatic rings. The van der Waals surface area contributed by atoms with Crippen LogP contribution in [-0.2, 0) is 4.74 Å². The van der Waals surface area contributed by atoms with E-state index in [9.17, 15) is 0 Å². The Labute approximate surface area is 92.6 Å². The summed E-state index contributed by atoms with van der Waals surface area (Å²) in [7, 11) is 3.99. The van der Waals surface area contributed by atoms with E-state index in [2.05, 4.69) is 17.3 Å². The number of nitrogens with zero attached hydrogens (tertiary/aromatic N) is 1. The van der Waals surface area contributed by atoms with Crippen molar-refractivity contribution in [1.29, 1.82) is 0 Å². The zero-order valence-electron chi connectivity index (χ0n) is 9.91. The van der Waals surface area contributed by atoms with Crippen LogP contribution in [0.5, 0.6) is 0 Å². The highest BCUT2D eigenvalue weighted by atomic mass is 16.5. The SMILES string of the molecule is CNC(CO)CN(C)CC1CCCOC1. The minimum absolute atomic E-state index is 0.180. The summed E-state index contributed by atoms with van der Waals surface area (Å²) < 4.78 is 5.45. The van der Waals surface area contributed by atoms with Crippen LogP contribution < -0.4 is 5.32 Å². The highest BCUT2D eigenvalue weighted by Crippen LogP contribution is 2.14. The Morgan fingerprint density at radius 2 is 2.40 bits per heavy atom. The van der Waals surface area contributed by atoms with Crippen LogP contribution in [0.4, 0.5) is 0 Å². The van der Waals surface area contributed by atoms with Gasteiger partial charge >= 0.3 is 0 Å². The van der Waals surface area contributed by atoms with Crippen LogP contribution >= 0.6 is 0 Å². The monoisotopic (exact) mass is 216 g/mol. The van der Waals surface area contributed by atoms with Crippen molar-refractivity contribution in [2.24, 2.45) is 5.92 Å². The molecule has 0 radical (unpaired) electrons. The largest absolute Gasteiger partial charge is 0.395 e. The molecule has 2 N–H and O–H groups in total. The first-order valence-electron chi connectivity index (χ1n) is 5.80. The van der Waals surface area contributed by atoms with Gasteiger partial charge in [-0.05, 0) is 32.9 Å². The molecular weight excluding hydrogens is 192 g/mol. The molecule has 2 atom stereocenters. The fourth-order valence-corrected chi connectivity index (χ4v) is 2.08. The van der Waals surface area contributed by atoms with Crippen LogP contribution in [0, 0.1) is 5.92 Å². The zero-order valence-corrected chi connectivity index (χ0v) is 9.91.